The molecule has 0 radical (unpaired) electrons. The minimum Gasteiger partial charge on any atom is -0.388 e. The van der Waals surface area contributed by atoms with E-state index >= 15 is 0 Å². The molecule has 1 fully saturated rings. The summed E-state index contributed by atoms with van der Waals surface area (Å²) < 4.78 is 7.34. The number of nitrogens with two attached hydrogens (primary N) is 1. The van der Waals surface area contributed by atoms with Crippen molar-refractivity contribution in [3.63, 3.8) is 0 Å². The van der Waals surface area contributed by atoms with Crippen molar-refractivity contribution in [3.05, 3.63) is 36.9 Å². The van der Waals surface area contributed by atoms with E-state index in [0.29, 0.717) is 11.2 Å². The highest BCUT2D eigenvalue weighted by Crippen LogP contribution is 2.21. The normalized spacial score (nSPS) is 24.9. The molecule has 4 rings (SSSR count). The Morgan fingerprint density at radius 1 is 1.25 bits per heavy atom. The van der Waals surface area contributed by atoms with E-state index in [-0.39, 0.29) is 24.7 Å². The van der Waals surface area contributed by atoms with Crippen molar-refractivity contribution in [1.82, 2.24) is 34.8 Å². The molecule has 4 atom stereocenters. The Balaban J connectivity index is 1.44. The van der Waals surface area contributed by atoms with Crippen molar-refractivity contribution in [3.8, 4) is 0 Å². The Bertz CT molecular complexity index is 981. The van der Waals surface area contributed by atoms with Crippen LogP contribution in [0, 0.1) is 0 Å². The van der Waals surface area contributed by atoms with E-state index < -0.39 is 30.3 Å². The number of fused-ring (bicyclic) bond motifs is 1. The second-order valence-electron chi connectivity index (χ2n) is 6.35. The zero-order chi connectivity index (χ0) is 19.7. The van der Waals surface area contributed by atoms with Gasteiger partial charge in [-0.2, -0.15) is 0 Å². The lowest BCUT2D eigenvalue weighted by atomic mass is 9.97. The van der Waals surface area contributed by atoms with E-state index in [4.69, 9.17) is 10.5 Å². The molecule has 0 unspecified atom stereocenters. The molecule has 1 amide bonds. The molecule has 1 saturated heterocycles. The first-order valence-electron chi connectivity index (χ1n) is 8.50. The average molecular weight is 386 g/mol. The highest BCUT2D eigenvalue weighted by molar-refractivity contribution is 5.92. The Kier molecular flexibility index (Phi) is 4.81. The molecule has 0 saturated carbocycles. The van der Waals surface area contributed by atoms with Crippen molar-refractivity contribution in [2.24, 2.45) is 0 Å². The quantitative estimate of drug-likeness (QED) is 0.397. The van der Waals surface area contributed by atoms with Gasteiger partial charge in [-0.25, -0.2) is 19.9 Å². The molecule has 3 aromatic rings. The van der Waals surface area contributed by atoms with Crippen LogP contribution in [0.15, 0.2) is 31.2 Å². The zero-order valence-corrected chi connectivity index (χ0v) is 14.6. The van der Waals surface area contributed by atoms with Gasteiger partial charge in [0.1, 0.15) is 35.8 Å². The maximum Gasteiger partial charge on any atom is 0.271 e. The third-order valence-electron chi connectivity index (χ3n) is 4.56. The first-order valence-corrected chi connectivity index (χ1v) is 8.50. The number of anilines is 1. The summed E-state index contributed by atoms with van der Waals surface area (Å²) in [4.78, 5) is 32.0. The minimum absolute atomic E-state index is 0.00745. The maximum atomic E-state index is 12.2. The van der Waals surface area contributed by atoms with Crippen molar-refractivity contribution in [2.45, 2.75) is 30.9 Å². The SMILES string of the molecule is Nc1ncnc2ncn(C[C@H]3OC[C@@H](NC(=O)c4cnccn4)[C@H](O)[C@@H]3O)c12. The molecule has 1 aliphatic rings. The molecule has 0 spiro atoms. The van der Waals surface area contributed by atoms with Gasteiger partial charge in [0, 0.05) is 12.4 Å². The smallest absolute Gasteiger partial charge is 0.271 e. The van der Waals surface area contributed by atoms with Gasteiger partial charge in [-0.05, 0) is 0 Å². The van der Waals surface area contributed by atoms with Crippen LogP contribution in [0.3, 0.4) is 0 Å². The van der Waals surface area contributed by atoms with Crippen LogP contribution in [-0.4, -0.2) is 76.6 Å². The van der Waals surface area contributed by atoms with Crippen LogP contribution in [0.5, 0.6) is 0 Å². The number of carbonyl (C=O) groups excluding carboxylic acids is 1. The number of nitrogens with one attached hydrogen (secondary N) is 1. The Morgan fingerprint density at radius 2 is 2.11 bits per heavy atom. The summed E-state index contributed by atoms with van der Waals surface area (Å²) in [5, 5.41) is 23.5. The number of nitrogens with zero attached hydrogens (tertiary/aromatic N) is 6. The molecule has 0 aliphatic carbocycles. The summed E-state index contributed by atoms with van der Waals surface area (Å²) in [5.74, 6) is -0.264. The van der Waals surface area contributed by atoms with Crippen LogP contribution >= 0.6 is 0 Å². The lowest BCUT2D eigenvalue weighted by Gasteiger charge is -2.38. The molecule has 3 aromatic heterocycles. The number of hydrogen-bond donors (Lipinski definition) is 4. The van der Waals surface area contributed by atoms with Gasteiger partial charge in [0.2, 0.25) is 0 Å². The number of carbonyl (C=O) groups is 1. The fraction of sp³-hybridized carbons (Fsp3) is 0.375. The molecular formula is C16H18N8O4. The van der Waals surface area contributed by atoms with Crippen molar-refractivity contribution in [2.75, 3.05) is 12.3 Å². The van der Waals surface area contributed by atoms with Crippen LogP contribution < -0.4 is 11.1 Å². The standard InChI is InChI=1S/C16H18N8O4/c17-14-11-15(21-6-20-14)22-7-24(11)4-10-13(26)12(25)9(5-28-10)23-16(27)8-3-18-1-2-19-8/h1-3,6-7,9-10,12-13,25-26H,4-5H2,(H,23,27)(H2,17,20,21)/t9-,10-,12+,13-/m1/s1. The van der Waals surface area contributed by atoms with Gasteiger partial charge in [-0.3, -0.25) is 9.78 Å². The van der Waals surface area contributed by atoms with Crippen LogP contribution in [0.4, 0.5) is 5.82 Å². The molecule has 1 aliphatic heterocycles. The van der Waals surface area contributed by atoms with Gasteiger partial charge in [-0.1, -0.05) is 0 Å². The van der Waals surface area contributed by atoms with E-state index in [1.165, 1.54) is 31.2 Å². The molecule has 28 heavy (non-hydrogen) atoms. The number of ether oxygens (including phenoxy) is 1. The van der Waals surface area contributed by atoms with Gasteiger partial charge >= 0.3 is 0 Å². The summed E-state index contributed by atoms with van der Waals surface area (Å²) in [6.45, 7) is 0.185. The van der Waals surface area contributed by atoms with Gasteiger partial charge < -0.3 is 30.6 Å². The largest absolute Gasteiger partial charge is 0.388 e. The van der Waals surface area contributed by atoms with E-state index in [2.05, 4.69) is 30.2 Å². The molecule has 4 heterocycles. The predicted octanol–water partition coefficient (Wildman–Crippen LogP) is -1.88. The highest BCUT2D eigenvalue weighted by Gasteiger charge is 2.39. The third kappa shape index (κ3) is 3.35. The van der Waals surface area contributed by atoms with Crippen LogP contribution in [-0.2, 0) is 11.3 Å². The lowest BCUT2D eigenvalue weighted by Crippen LogP contribution is -2.60. The van der Waals surface area contributed by atoms with Crippen molar-refractivity contribution < 1.29 is 19.7 Å². The number of aromatic nitrogens is 6. The Hall–Kier alpha value is -3.22. The number of aliphatic hydroxyl groups is 2. The van der Waals surface area contributed by atoms with E-state index in [1.807, 2.05) is 0 Å². The third-order valence-corrected chi connectivity index (χ3v) is 4.56. The first-order chi connectivity index (χ1) is 13.5. The monoisotopic (exact) mass is 386 g/mol. The second-order valence-corrected chi connectivity index (χ2v) is 6.35. The summed E-state index contributed by atoms with van der Waals surface area (Å²) in [5.41, 5.74) is 6.92. The van der Waals surface area contributed by atoms with E-state index in [1.54, 1.807) is 4.57 Å². The fourth-order valence-electron chi connectivity index (χ4n) is 3.10. The minimum atomic E-state index is -1.25. The van der Waals surface area contributed by atoms with Gasteiger partial charge in [0.05, 0.1) is 31.7 Å². The van der Waals surface area contributed by atoms with E-state index in [9.17, 15) is 15.0 Å². The van der Waals surface area contributed by atoms with Crippen LogP contribution in [0.25, 0.3) is 11.2 Å². The Labute approximate surface area is 158 Å². The molecule has 5 N–H and O–H groups in total. The van der Waals surface area contributed by atoms with Gasteiger partial charge in [0.15, 0.2) is 11.5 Å². The summed E-state index contributed by atoms with van der Waals surface area (Å²) in [6, 6.07) is -0.798. The number of nitrogen functional groups attached to an aromatic ring is 1. The van der Waals surface area contributed by atoms with Gasteiger partial charge in [-0.15, -0.1) is 0 Å². The number of hydrogen-bond acceptors (Lipinski definition) is 10. The average Bonchev–Trinajstić information content (AvgIpc) is 3.12. The van der Waals surface area contributed by atoms with E-state index in [0.717, 1.165) is 0 Å². The molecule has 146 valence electrons. The highest BCUT2D eigenvalue weighted by atomic mass is 16.5. The summed E-state index contributed by atoms with van der Waals surface area (Å²) in [7, 11) is 0. The number of aliphatic hydroxyl groups excluding tert-OH is 2. The topological polar surface area (TPSA) is 174 Å². The molecule has 0 aromatic carbocycles. The maximum absolute atomic E-state index is 12.2. The molecule has 12 nitrogen and oxygen atoms in total. The zero-order valence-electron chi connectivity index (χ0n) is 14.6. The number of imidazole rings is 1. The van der Waals surface area contributed by atoms with Crippen molar-refractivity contribution >= 4 is 22.9 Å². The molecule has 0 bridgehead atoms. The summed E-state index contributed by atoms with van der Waals surface area (Å²) in [6.07, 6.45) is 3.75. The second kappa shape index (κ2) is 7.42. The molecule has 12 heteroatoms. The Morgan fingerprint density at radius 3 is 2.89 bits per heavy atom. The van der Waals surface area contributed by atoms with Gasteiger partial charge in [0.25, 0.3) is 5.91 Å². The van der Waals surface area contributed by atoms with Crippen LogP contribution in [0.2, 0.25) is 0 Å². The lowest BCUT2D eigenvalue weighted by molar-refractivity contribution is -0.152. The number of amides is 1. The summed E-state index contributed by atoms with van der Waals surface area (Å²) >= 11 is 0. The first kappa shape index (κ1) is 18.2. The molecular weight excluding hydrogens is 368 g/mol. The van der Waals surface area contributed by atoms with Crippen molar-refractivity contribution in [1.29, 1.82) is 0 Å². The predicted molar refractivity (Wildman–Crippen MR) is 94.8 cm³/mol. The van der Waals surface area contributed by atoms with Crippen LogP contribution in [0.1, 0.15) is 10.5 Å². The number of rotatable bonds is 4. The fourth-order valence-corrected chi connectivity index (χ4v) is 3.10.